The highest BCUT2D eigenvalue weighted by atomic mass is 32.1. The summed E-state index contributed by atoms with van der Waals surface area (Å²) in [4.78, 5) is 45.4. The zero-order chi connectivity index (χ0) is 21.7. The number of aromatic nitrogens is 1. The van der Waals surface area contributed by atoms with Gasteiger partial charge in [-0.25, -0.2) is 9.78 Å². The van der Waals surface area contributed by atoms with Gasteiger partial charge in [0.2, 0.25) is 5.91 Å². The van der Waals surface area contributed by atoms with E-state index in [2.05, 4.69) is 15.2 Å². The summed E-state index contributed by atoms with van der Waals surface area (Å²) in [5, 5.41) is 3.05. The SMILES string of the molecule is CCOC(=O)c1c(NC(=O)CN2CCN(c3ccccn3)CC2)sc(C(N)=O)c1C. The Hall–Kier alpha value is -2.98. The standard InChI is InChI=1S/C20H25N5O4S/c1-3-29-20(28)16-13(2)17(18(21)27)30-19(16)23-15(26)12-24-8-10-25(11-9-24)14-6-4-5-7-22-14/h4-7H,3,8-12H2,1-2H3,(H2,21,27)(H,23,26). The molecular weight excluding hydrogens is 406 g/mol. The van der Waals surface area contributed by atoms with Crippen molar-refractivity contribution in [1.29, 1.82) is 0 Å². The fourth-order valence-corrected chi connectivity index (χ4v) is 4.39. The van der Waals surface area contributed by atoms with E-state index in [0.717, 1.165) is 30.2 Å². The van der Waals surface area contributed by atoms with Gasteiger partial charge in [-0.15, -0.1) is 11.3 Å². The molecule has 0 spiro atoms. The number of pyridine rings is 1. The maximum Gasteiger partial charge on any atom is 0.341 e. The van der Waals surface area contributed by atoms with Gasteiger partial charge < -0.3 is 20.7 Å². The van der Waals surface area contributed by atoms with Crippen molar-refractivity contribution < 1.29 is 19.1 Å². The minimum absolute atomic E-state index is 0.182. The number of rotatable bonds is 7. The molecule has 2 amide bonds. The van der Waals surface area contributed by atoms with Gasteiger partial charge in [0.05, 0.1) is 23.6 Å². The highest BCUT2D eigenvalue weighted by Crippen LogP contribution is 2.33. The van der Waals surface area contributed by atoms with Crippen LogP contribution in [0.4, 0.5) is 10.8 Å². The number of amides is 2. The van der Waals surface area contributed by atoms with Crippen molar-refractivity contribution in [1.82, 2.24) is 9.88 Å². The summed E-state index contributed by atoms with van der Waals surface area (Å²) in [7, 11) is 0. The van der Waals surface area contributed by atoms with Crippen LogP contribution in [0.2, 0.25) is 0 Å². The van der Waals surface area contributed by atoms with Crippen molar-refractivity contribution in [2.45, 2.75) is 13.8 Å². The minimum Gasteiger partial charge on any atom is -0.462 e. The first-order valence-electron chi connectivity index (χ1n) is 9.69. The topological polar surface area (TPSA) is 118 Å². The highest BCUT2D eigenvalue weighted by Gasteiger charge is 2.26. The third-order valence-corrected chi connectivity index (χ3v) is 6.04. The summed E-state index contributed by atoms with van der Waals surface area (Å²) in [5.74, 6) is -0.565. The summed E-state index contributed by atoms with van der Waals surface area (Å²) >= 11 is 0.994. The first-order chi connectivity index (χ1) is 14.4. The van der Waals surface area contributed by atoms with Crippen molar-refractivity contribution in [3.8, 4) is 0 Å². The number of primary amides is 1. The molecule has 30 heavy (non-hydrogen) atoms. The van der Waals surface area contributed by atoms with E-state index >= 15 is 0 Å². The number of anilines is 2. The van der Waals surface area contributed by atoms with Crippen LogP contribution in [-0.2, 0) is 9.53 Å². The third kappa shape index (κ3) is 4.95. The molecule has 3 heterocycles. The molecule has 0 bridgehead atoms. The van der Waals surface area contributed by atoms with E-state index in [1.165, 1.54) is 0 Å². The molecule has 10 heteroatoms. The minimum atomic E-state index is -0.644. The lowest BCUT2D eigenvalue weighted by Gasteiger charge is -2.34. The van der Waals surface area contributed by atoms with Crippen LogP contribution in [0.1, 0.15) is 32.5 Å². The predicted molar refractivity (Wildman–Crippen MR) is 115 cm³/mol. The molecule has 3 N–H and O–H groups in total. The number of ether oxygens (including phenoxy) is 1. The number of hydrogen-bond donors (Lipinski definition) is 2. The van der Waals surface area contributed by atoms with Crippen molar-refractivity contribution in [3.05, 3.63) is 40.4 Å². The number of carbonyl (C=O) groups is 3. The van der Waals surface area contributed by atoms with E-state index in [0.29, 0.717) is 18.7 Å². The van der Waals surface area contributed by atoms with Crippen LogP contribution in [0.15, 0.2) is 24.4 Å². The zero-order valence-electron chi connectivity index (χ0n) is 17.0. The van der Waals surface area contributed by atoms with Crippen LogP contribution in [0.5, 0.6) is 0 Å². The maximum absolute atomic E-state index is 12.6. The Morgan fingerprint density at radius 2 is 1.97 bits per heavy atom. The van der Waals surface area contributed by atoms with Gasteiger partial charge in [-0.3, -0.25) is 14.5 Å². The summed E-state index contributed by atoms with van der Waals surface area (Å²) < 4.78 is 5.07. The van der Waals surface area contributed by atoms with Gasteiger partial charge >= 0.3 is 5.97 Å². The van der Waals surface area contributed by atoms with Crippen LogP contribution < -0.4 is 16.0 Å². The van der Waals surface area contributed by atoms with Crippen molar-refractivity contribution in [2.24, 2.45) is 5.73 Å². The van der Waals surface area contributed by atoms with Gasteiger partial charge in [-0.2, -0.15) is 0 Å². The molecule has 2 aromatic rings. The first-order valence-corrected chi connectivity index (χ1v) is 10.5. The van der Waals surface area contributed by atoms with Crippen molar-refractivity contribution in [3.63, 3.8) is 0 Å². The van der Waals surface area contributed by atoms with Crippen LogP contribution in [0, 0.1) is 6.92 Å². The number of nitrogens with zero attached hydrogens (tertiary/aromatic N) is 3. The molecule has 0 aromatic carbocycles. The Labute approximate surface area is 178 Å². The second-order valence-electron chi connectivity index (χ2n) is 6.84. The summed E-state index contributed by atoms with van der Waals surface area (Å²) in [6.07, 6.45) is 1.76. The quantitative estimate of drug-likeness (QED) is 0.638. The van der Waals surface area contributed by atoms with Gasteiger partial charge in [0.1, 0.15) is 10.8 Å². The Balaban J connectivity index is 1.63. The van der Waals surface area contributed by atoms with E-state index in [1.807, 2.05) is 23.1 Å². The summed E-state index contributed by atoms with van der Waals surface area (Å²) in [6, 6.07) is 5.80. The largest absolute Gasteiger partial charge is 0.462 e. The van der Waals surface area contributed by atoms with Crippen LogP contribution in [0.3, 0.4) is 0 Å². The Bertz CT molecular complexity index is 923. The van der Waals surface area contributed by atoms with Gasteiger partial charge in [0.25, 0.3) is 5.91 Å². The average molecular weight is 432 g/mol. The number of esters is 1. The molecule has 2 aromatic heterocycles. The summed E-state index contributed by atoms with van der Waals surface area (Å²) in [6.45, 7) is 6.64. The number of nitrogens with two attached hydrogens (primary N) is 1. The van der Waals surface area contributed by atoms with Gasteiger partial charge in [0, 0.05) is 32.4 Å². The van der Waals surface area contributed by atoms with Gasteiger partial charge in [0.15, 0.2) is 0 Å². The van der Waals surface area contributed by atoms with Crippen molar-refractivity contribution >= 4 is 39.9 Å². The first kappa shape index (κ1) is 21.7. The average Bonchev–Trinajstić information content (AvgIpc) is 3.05. The molecule has 160 valence electrons. The highest BCUT2D eigenvalue weighted by molar-refractivity contribution is 7.18. The van der Waals surface area contributed by atoms with Crippen molar-refractivity contribution in [2.75, 3.05) is 49.5 Å². The molecular formula is C20H25N5O4S. The van der Waals surface area contributed by atoms with E-state index in [9.17, 15) is 14.4 Å². The molecule has 0 radical (unpaired) electrons. The smallest absolute Gasteiger partial charge is 0.341 e. The molecule has 3 rings (SSSR count). The number of thiophene rings is 1. The van der Waals surface area contributed by atoms with E-state index in [-0.39, 0.29) is 34.5 Å². The molecule has 0 saturated carbocycles. The molecule has 1 aliphatic rings. The molecule has 1 fully saturated rings. The van der Waals surface area contributed by atoms with Crippen LogP contribution in [0.25, 0.3) is 0 Å². The van der Waals surface area contributed by atoms with E-state index < -0.39 is 11.9 Å². The van der Waals surface area contributed by atoms with Crippen LogP contribution >= 0.6 is 11.3 Å². The van der Waals surface area contributed by atoms with Gasteiger partial charge in [-0.1, -0.05) is 6.07 Å². The number of carbonyl (C=O) groups excluding carboxylic acids is 3. The molecule has 0 atom stereocenters. The molecule has 0 aliphatic carbocycles. The second kappa shape index (κ2) is 9.68. The van der Waals surface area contributed by atoms with E-state index in [4.69, 9.17) is 10.5 Å². The monoisotopic (exact) mass is 431 g/mol. The fraction of sp³-hybridized carbons (Fsp3) is 0.400. The normalized spacial score (nSPS) is 14.4. The lowest BCUT2D eigenvalue weighted by atomic mass is 10.1. The third-order valence-electron chi connectivity index (χ3n) is 4.82. The Morgan fingerprint density at radius 1 is 1.23 bits per heavy atom. The Kier molecular flexibility index (Phi) is 7.01. The van der Waals surface area contributed by atoms with Crippen LogP contribution in [-0.4, -0.2) is 67.0 Å². The maximum atomic E-state index is 12.6. The fourth-order valence-electron chi connectivity index (χ4n) is 3.33. The van der Waals surface area contributed by atoms with Gasteiger partial charge in [-0.05, 0) is 31.5 Å². The molecule has 1 saturated heterocycles. The van der Waals surface area contributed by atoms with E-state index in [1.54, 1.807) is 20.0 Å². The lowest BCUT2D eigenvalue weighted by molar-refractivity contribution is -0.117. The number of piperazine rings is 1. The Morgan fingerprint density at radius 3 is 2.57 bits per heavy atom. The summed E-state index contributed by atoms with van der Waals surface area (Å²) in [5.41, 5.74) is 6.01. The predicted octanol–water partition coefficient (Wildman–Crippen LogP) is 1.49. The molecule has 9 nitrogen and oxygen atoms in total. The zero-order valence-corrected chi connectivity index (χ0v) is 17.8. The number of nitrogens with one attached hydrogen (secondary N) is 1. The number of hydrogen-bond acceptors (Lipinski definition) is 8. The molecule has 1 aliphatic heterocycles. The lowest BCUT2D eigenvalue weighted by Crippen LogP contribution is -2.48. The second-order valence-corrected chi connectivity index (χ2v) is 7.86. The molecule has 0 unspecified atom stereocenters.